The van der Waals surface area contributed by atoms with Crippen LogP contribution >= 0.6 is 0 Å². The van der Waals surface area contributed by atoms with Gasteiger partial charge in [-0.25, -0.2) is 4.79 Å². The molecule has 2 heterocycles. The van der Waals surface area contributed by atoms with Gasteiger partial charge in [-0.05, 0) is 12.1 Å². The van der Waals surface area contributed by atoms with Crippen LogP contribution in [0.1, 0.15) is 0 Å². The molecular weight excluding hydrogens is 299 g/mol. The molecule has 0 bridgehead atoms. The van der Waals surface area contributed by atoms with Gasteiger partial charge in [0.2, 0.25) is 0 Å². The Hall–Kier alpha value is -2.22. The van der Waals surface area contributed by atoms with E-state index in [-0.39, 0.29) is 0 Å². The first-order valence-electron chi connectivity index (χ1n) is 6.71. The lowest BCUT2D eigenvalue weighted by molar-refractivity contribution is -0.192. The molecule has 1 aliphatic heterocycles. The monoisotopic (exact) mass is 315 g/mol. The third-order valence-electron chi connectivity index (χ3n) is 3.27. The summed E-state index contributed by atoms with van der Waals surface area (Å²) < 4.78 is 31.7. The SMILES string of the molecule is O=C(O)C(F)(F)F.c1cc(N2CCNCC2)c2[nH]ccc2c1. The van der Waals surface area contributed by atoms with Gasteiger partial charge in [0.1, 0.15) is 0 Å². The molecular formula is C14H16F3N3O2. The number of nitrogens with one attached hydrogen (secondary N) is 2. The molecule has 8 heteroatoms. The van der Waals surface area contributed by atoms with Crippen LogP contribution in [0.4, 0.5) is 18.9 Å². The molecule has 22 heavy (non-hydrogen) atoms. The Morgan fingerprint density at radius 1 is 1.18 bits per heavy atom. The fourth-order valence-corrected chi connectivity index (χ4v) is 2.24. The normalized spacial score (nSPS) is 15.3. The number of halogens is 3. The van der Waals surface area contributed by atoms with Gasteiger partial charge in [0.15, 0.2) is 0 Å². The zero-order valence-electron chi connectivity index (χ0n) is 11.7. The minimum absolute atomic E-state index is 1.08. The average molecular weight is 315 g/mol. The van der Waals surface area contributed by atoms with Gasteiger partial charge in [0, 0.05) is 37.8 Å². The smallest absolute Gasteiger partial charge is 0.475 e. The molecule has 0 atom stereocenters. The number of rotatable bonds is 1. The highest BCUT2D eigenvalue weighted by atomic mass is 19.4. The van der Waals surface area contributed by atoms with Crippen molar-refractivity contribution >= 4 is 22.6 Å². The number of carbonyl (C=O) groups is 1. The summed E-state index contributed by atoms with van der Waals surface area (Å²) in [5.41, 5.74) is 2.60. The molecule has 0 aliphatic carbocycles. The molecule has 0 spiro atoms. The number of carboxylic acids is 1. The summed E-state index contributed by atoms with van der Waals surface area (Å²) in [6, 6.07) is 8.61. The van der Waals surface area contributed by atoms with E-state index in [1.165, 1.54) is 16.6 Å². The number of piperazine rings is 1. The Balaban J connectivity index is 0.000000217. The van der Waals surface area contributed by atoms with E-state index in [4.69, 9.17) is 9.90 Å². The molecule has 0 unspecified atom stereocenters. The Kier molecular flexibility index (Phi) is 4.92. The van der Waals surface area contributed by atoms with Gasteiger partial charge in [-0.1, -0.05) is 12.1 Å². The van der Waals surface area contributed by atoms with Crippen molar-refractivity contribution in [2.45, 2.75) is 6.18 Å². The number of para-hydroxylation sites is 1. The second-order valence-electron chi connectivity index (χ2n) is 4.76. The molecule has 120 valence electrons. The highest BCUT2D eigenvalue weighted by Gasteiger charge is 2.38. The lowest BCUT2D eigenvalue weighted by atomic mass is 10.2. The van der Waals surface area contributed by atoms with E-state index >= 15 is 0 Å². The first kappa shape index (κ1) is 16.2. The van der Waals surface area contributed by atoms with E-state index in [0.29, 0.717) is 0 Å². The summed E-state index contributed by atoms with van der Waals surface area (Å²) in [6.45, 7) is 4.35. The molecule has 3 N–H and O–H groups in total. The molecule has 1 aromatic carbocycles. The van der Waals surface area contributed by atoms with Crippen LogP contribution in [-0.2, 0) is 4.79 Å². The lowest BCUT2D eigenvalue weighted by Crippen LogP contribution is -2.43. The van der Waals surface area contributed by atoms with E-state index < -0.39 is 12.1 Å². The number of carboxylic acid groups (broad SMARTS) is 1. The third-order valence-corrected chi connectivity index (χ3v) is 3.27. The maximum Gasteiger partial charge on any atom is 0.490 e. The summed E-state index contributed by atoms with van der Waals surface area (Å²) >= 11 is 0. The topological polar surface area (TPSA) is 68.4 Å². The zero-order chi connectivity index (χ0) is 16.2. The summed E-state index contributed by atoms with van der Waals surface area (Å²) in [4.78, 5) is 14.7. The standard InChI is InChI=1S/C12H15N3.C2HF3O2/c1-2-10-4-5-14-12(10)11(3-1)15-8-6-13-7-9-15;3-2(4,5)1(6)7/h1-5,13-14H,6-9H2;(H,6,7). The first-order valence-corrected chi connectivity index (χ1v) is 6.71. The highest BCUT2D eigenvalue weighted by Crippen LogP contribution is 2.25. The fourth-order valence-electron chi connectivity index (χ4n) is 2.24. The quantitative estimate of drug-likeness (QED) is 0.755. The highest BCUT2D eigenvalue weighted by molar-refractivity contribution is 5.91. The van der Waals surface area contributed by atoms with Gasteiger partial charge in [-0.3, -0.25) is 0 Å². The molecule has 5 nitrogen and oxygen atoms in total. The van der Waals surface area contributed by atoms with Crippen LogP contribution in [0.5, 0.6) is 0 Å². The van der Waals surface area contributed by atoms with Crippen molar-refractivity contribution < 1.29 is 23.1 Å². The molecule has 0 radical (unpaired) electrons. The molecule has 1 aromatic heterocycles. The number of hydrogen-bond donors (Lipinski definition) is 3. The Morgan fingerprint density at radius 3 is 2.41 bits per heavy atom. The summed E-state index contributed by atoms with van der Waals surface area (Å²) in [6.07, 6.45) is -3.07. The molecule has 3 rings (SSSR count). The number of alkyl halides is 3. The van der Waals surface area contributed by atoms with Crippen molar-refractivity contribution in [3.63, 3.8) is 0 Å². The number of nitrogens with zero attached hydrogens (tertiary/aromatic N) is 1. The van der Waals surface area contributed by atoms with Crippen molar-refractivity contribution in [3.05, 3.63) is 30.5 Å². The number of fused-ring (bicyclic) bond motifs is 1. The van der Waals surface area contributed by atoms with Crippen LogP contribution < -0.4 is 10.2 Å². The molecule has 1 aliphatic rings. The minimum atomic E-state index is -5.08. The Bertz CT molecular complexity index is 634. The second-order valence-corrected chi connectivity index (χ2v) is 4.76. The van der Waals surface area contributed by atoms with E-state index in [9.17, 15) is 13.2 Å². The second kappa shape index (κ2) is 6.69. The van der Waals surface area contributed by atoms with Crippen LogP contribution in [0.2, 0.25) is 0 Å². The maximum atomic E-state index is 10.6. The maximum absolute atomic E-state index is 10.6. The van der Waals surface area contributed by atoms with Gasteiger partial charge in [0.05, 0.1) is 11.2 Å². The summed E-state index contributed by atoms with van der Waals surface area (Å²) in [7, 11) is 0. The minimum Gasteiger partial charge on any atom is -0.475 e. The van der Waals surface area contributed by atoms with Crippen LogP contribution in [-0.4, -0.2) is 48.4 Å². The Morgan fingerprint density at radius 2 is 1.82 bits per heavy atom. The van der Waals surface area contributed by atoms with Crippen molar-refractivity contribution in [2.24, 2.45) is 0 Å². The average Bonchev–Trinajstić information content (AvgIpc) is 2.96. The van der Waals surface area contributed by atoms with Crippen molar-refractivity contribution in [2.75, 3.05) is 31.1 Å². The fraction of sp³-hybridized carbons (Fsp3) is 0.357. The molecule has 1 saturated heterocycles. The summed E-state index contributed by atoms with van der Waals surface area (Å²) in [5.74, 6) is -2.76. The molecule has 2 aromatic rings. The predicted octanol–water partition coefficient (Wildman–Crippen LogP) is 2.21. The van der Waals surface area contributed by atoms with Crippen LogP contribution in [0.25, 0.3) is 10.9 Å². The first-order chi connectivity index (χ1) is 10.4. The number of aromatic nitrogens is 1. The van der Waals surface area contributed by atoms with E-state index in [0.717, 1.165) is 26.2 Å². The molecule has 0 saturated carbocycles. The van der Waals surface area contributed by atoms with Crippen LogP contribution in [0.15, 0.2) is 30.5 Å². The number of H-pyrrole nitrogens is 1. The number of benzene rings is 1. The summed E-state index contributed by atoms with van der Waals surface area (Å²) in [5, 5.41) is 11.8. The van der Waals surface area contributed by atoms with Crippen LogP contribution in [0, 0.1) is 0 Å². The number of hydrogen-bond acceptors (Lipinski definition) is 3. The largest absolute Gasteiger partial charge is 0.490 e. The lowest BCUT2D eigenvalue weighted by Gasteiger charge is -2.29. The van der Waals surface area contributed by atoms with Gasteiger partial charge < -0.3 is 20.3 Å². The van der Waals surface area contributed by atoms with Gasteiger partial charge >= 0.3 is 12.1 Å². The zero-order valence-corrected chi connectivity index (χ0v) is 11.7. The van der Waals surface area contributed by atoms with Gasteiger partial charge in [-0.2, -0.15) is 13.2 Å². The van der Waals surface area contributed by atoms with E-state index in [2.05, 4.69) is 39.5 Å². The van der Waals surface area contributed by atoms with Crippen molar-refractivity contribution in [3.8, 4) is 0 Å². The van der Waals surface area contributed by atoms with Crippen LogP contribution in [0.3, 0.4) is 0 Å². The van der Waals surface area contributed by atoms with E-state index in [1.807, 2.05) is 6.20 Å². The third kappa shape index (κ3) is 3.91. The molecule has 1 fully saturated rings. The molecule has 0 amide bonds. The number of aromatic amines is 1. The van der Waals surface area contributed by atoms with Gasteiger partial charge in [-0.15, -0.1) is 0 Å². The van der Waals surface area contributed by atoms with E-state index in [1.54, 1.807) is 0 Å². The Labute approximate surface area is 124 Å². The number of aliphatic carboxylic acids is 1. The van der Waals surface area contributed by atoms with Crippen molar-refractivity contribution in [1.82, 2.24) is 10.3 Å². The predicted molar refractivity (Wildman–Crippen MR) is 77.1 cm³/mol. The van der Waals surface area contributed by atoms with Gasteiger partial charge in [0.25, 0.3) is 0 Å². The van der Waals surface area contributed by atoms with Crippen molar-refractivity contribution in [1.29, 1.82) is 0 Å². The number of anilines is 1.